The number of hydrogen-bond donors (Lipinski definition) is 1. The predicted octanol–water partition coefficient (Wildman–Crippen LogP) is 1.54. The fourth-order valence-electron chi connectivity index (χ4n) is 2.15. The molecular weight excluding hydrogens is 244 g/mol. The molecular formula is C14H14N2O3. The average molecular weight is 258 g/mol. The third kappa shape index (κ3) is 2.59. The molecule has 1 atom stereocenters. The van der Waals surface area contributed by atoms with Crippen molar-refractivity contribution in [2.45, 2.75) is 13.0 Å². The van der Waals surface area contributed by atoms with Crippen LogP contribution in [0.15, 0.2) is 41.1 Å². The molecule has 0 fully saturated rings. The number of nitrogens with zero attached hydrogens (tertiary/aromatic N) is 1. The molecule has 1 aliphatic heterocycles. The van der Waals surface area contributed by atoms with Crippen molar-refractivity contribution in [3.8, 4) is 5.75 Å². The number of carbonyl (C=O) groups is 1. The minimum atomic E-state index is -0.151. The maximum absolute atomic E-state index is 12.1. The van der Waals surface area contributed by atoms with Gasteiger partial charge in [-0.1, -0.05) is 23.4 Å². The Kier molecular flexibility index (Phi) is 3.18. The highest BCUT2D eigenvalue weighted by molar-refractivity contribution is 5.79. The van der Waals surface area contributed by atoms with Gasteiger partial charge < -0.3 is 14.6 Å². The molecule has 0 saturated carbocycles. The summed E-state index contributed by atoms with van der Waals surface area (Å²) in [7, 11) is 0. The van der Waals surface area contributed by atoms with Gasteiger partial charge in [-0.15, -0.1) is 0 Å². The summed E-state index contributed by atoms with van der Waals surface area (Å²) in [5.41, 5.74) is 1.79. The number of amides is 1. The van der Waals surface area contributed by atoms with E-state index in [0.717, 1.165) is 11.3 Å². The summed E-state index contributed by atoms with van der Waals surface area (Å²) in [6, 6.07) is 9.54. The highest BCUT2D eigenvalue weighted by Gasteiger charge is 2.25. The van der Waals surface area contributed by atoms with Crippen LogP contribution in [0.25, 0.3) is 0 Å². The Morgan fingerprint density at radius 2 is 2.26 bits per heavy atom. The number of ether oxygens (including phenoxy) is 1. The zero-order valence-corrected chi connectivity index (χ0v) is 10.3. The van der Waals surface area contributed by atoms with Crippen molar-refractivity contribution in [1.82, 2.24) is 10.5 Å². The standard InChI is InChI=1S/C14H14N2O3/c17-14(15-8-12-5-6-19-16-12)11-7-10-3-1-2-4-13(10)18-9-11/h1-6,11H,7-9H2,(H,15,17). The largest absolute Gasteiger partial charge is 0.492 e. The van der Waals surface area contributed by atoms with Crippen molar-refractivity contribution in [3.05, 3.63) is 47.9 Å². The van der Waals surface area contributed by atoms with Gasteiger partial charge in [0, 0.05) is 6.07 Å². The van der Waals surface area contributed by atoms with Gasteiger partial charge in [0.2, 0.25) is 5.91 Å². The summed E-state index contributed by atoms with van der Waals surface area (Å²) in [5, 5.41) is 6.59. The zero-order valence-electron chi connectivity index (χ0n) is 10.3. The average Bonchev–Trinajstić information content (AvgIpc) is 2.97. The molecule has 1 aromatic carbocycles. The Balaban J connectivity index is 1.60. The fraction of sp³-hybridized carbons (Fsp3) is 0.286. The highest BCUT2D eigenvalue weighted by atomic mass is 16.5. The quantitative estimate of drug-likeness (QED) is 0.907. The molecule has 5 nitrogen and oxygen atoms in total. The third-order valence-corrected chi connectivity index (χ3v) is 3.18. The Morgan fingerprint density at radius 1 is 1.37 bits per heavy atom. The van der Waals surface area contributed by atoms with Crippen LogP contribution in [0.3, 0.4) is 0 Å². The molecule has 2 aromatic rings. The van der Waals surface area contributed by atoms with Crippen LogP contribution < -0.4 is 10.1 Å². The zero-order chi connectivity index (χ0) is 13.1. The molecule has 0 bridgehead atoms. The van der Waals surface area contributed by atoms with Crippen LogP contribution in [0.5, 0.6) is 5.75 Å². The van der Waals surface area contributed by atoms with E-state index < -0.39 is 0 Å². The Morgan fingerprint density at radius 3 is 3.11 bits per heavy atom. The summed E-state index contributed by atoms with van der Waals surface area (Å²) in [6.45, 7) is 0.801. The van der Waals surface area contributed by atoms with Gasteiger partial charge in [-0.3, -0.25) is 4.79 Å². The van der Waals surface area contributed by atoms with Crippen LogP contribution in [0, 0.1) is 5.92 Å². The molecule has 5 heteroatoms. The van der Waals surface area contributed by atoms with E-state index in [1.807, 2.05) is 24.3 Å². The smallest absolute Gasteiger partial charge is 0.227 e. The fourth-order valence-corrected chi connectivity index (χ4v) is 2.15. The number of carbonyl (C=O) groups excluding carboxylic acids is 1. The molecule has 1 unspecified atom stereocenters. The maximum atomic E-state index is 12.1. The molecule has 0 spiro atoms. The second-order valence-corrected chi connectivity index (χ2v) is 4.53. The van der Waals surface area contributed by atoms with E-state index in [9.17, 15) is 4.79 Å². The number of para-hydroxylation sites is 1. The molecule has 0 radical (unpaired) electrons. The van der Waals surface area contributed by atoms with E-state index in [1.54, 1.807) is 6.07 Å². The number of nitrogens with one attached hydrogen (secondary N) is 1. The van der Waals surface area contributed by atoms with Crippen LogP contribution in [-0.4, -0.2) is 17.7 Å². The first kappa shape index (κ1) is 11.8. The van der Waals surface area contributed by atoms with E-state index >= 15 is 0 Å². The first-order valence-corrected chi connectivity index (χ1v) is 6.20. The van der Waals surface area contributed by atoms with Crippen molar-refractivity contribution in [2.24, 2.45) is 5.92 Å². The van der Waals surface area contributed by atoms with Crippen molar-refractivity contribution in [3.63, 3.8) is 0 Å². The van der Waals surface area contributed by atoms with Crippen molar-refractivity contribution in [2.75, 3.05) is 6.61 Å². The normalized spacial score (nSPS) is 17.4. The summed E-state index contributed by atoms with van der Waals surface area (Å²) in [5.74, 6) is 0.711. The first-order chi connectivity index (χ1) is 9.33. The van der Waals surface area contributed by atoms with E-state index in [4.69, 9.17) is 9.26 Å². The minimum absolute atomic E-state index is 0.0162. The summed E-state index contributed by atoms with van der Waals surface area (Å²) < 4.78 is 10.3. The van der Waals surface area contributed by atoms with Gasteiger partial charge in [0.05, 0.1) is 12.5 Å². The number of benzene rings is 1. The van der Waals surface area contributed by atoms with Crippen LogP contribution in [0.2, 0.25) is 0 Å². The first-order valence-electron chi connectivity index (χ1n) is 6.20. The second kappa shape index (κ2) is 5.14. The van der Waals surface area contributed by atoms with Crippen LogP contribution in [-0.2, 0) is 17.8 Å². The summed E-state index contributed by atoms with van der Waals surface area (Å²) in [4.78, 5) is 12.1. The molecule has 3 rings (SSSR count). The number of aromatic nitrogens is 1. The van der Waals surface area contributed by atoms with Crippen molar-refractivity contribution >= 4 is 5.91 Å². The Hall–Kier alpha value is -2.30. The summed E-state index contributed by atoms with van der Waals surface area (Å²) in [6.07, 6.45) is 2.20. The van der Waals surface area contributed by atoms with Gasteiger partial charge in [-0.2, -0.15) is 0 Å². The summed E-state index contributed by atoms with van der Waals surface area (Å²) >= 11 is 0. The van der Waals surface area contributed by atoms with Gasteiger partial charge in [0.15, 0.2) is 0 Å². The number of fused-ring (bicyclic) bond motifs is 1. The maximum Gasteiger partial charge on any atom is 0.227 e. The number of rotatable bonds is 3. The van der Waals surface area contributed by atoms with Gasteiger partial charge in [-0.25, -0.2) is 0 Å². The topological polar surface area (TPSA) is 64.4 Å². The van der Waals surface area contributed by atoms with E-state index in [0.29, 0.717) is 25.3 Å². The number of hydrogen-bond acceptors (Lipinski definition) is 4. The molecule has 19 heavy (non-hydrogen) atoms. The highest BCUT2D eigenvalue weighted by Crippen LogP contribution is 2.26. The third-order valence-electron chi connectivity index (χ3n) is 3.18. The Bertz CT molecular complexity index is 566. The molecule has 1 aliphatic rings. The molecule has 1 aromatic heterocycles. The lowest BCUT2D eigenvalue weighted by Gasteiger charge is -2.24. The molecule has 2 heterocycles. The van der Waals surface area contributed by atoms with Gasteiger partial charge in [0.25, 0.3) is 0 Å². The minimum Gasteiger partial charge on any atom is -0.492 e. The lowest BCUT2D eigenvalue weighted by atomic mass is 9.96. The molecule has 0 saturated heterocycles. The predicted molar refractivity (Wildman–Crippen MR) is 67.5 cm³/mol. The second-order valence-electron chi connectivity index (χ2n) is 4.53. The SMILES string of the molecule is O=C(NCc1ccon1)C1COc2ccccc2C1. The molecule has 0 aliphatic carbocycles. The van der Waals surface area contributed by atoms with E-state index in [-0.39, 0.29) is 11.8 Å². The van der Waals surface area contributed by atoms with E-state index in [2.05, 4.69) is 10.5 Å². The van der Waals surface area contributed by atoms with Gasteiger partial charge in [-0.05, 0) is 18.1 Å². The van der Waals surface area contributed by atoms with Crippen molar-refractivity contribution in [1.29, 1.82) is 0 Å². The lowest BCUT2D eigenvalue weighted by molar-refractivity contribution is -0.126. The monoisotopic (exact) mass is 258 g/mol. The Labute approximate surface area is 110 Å². The van der Waals surface area contributed by atoms with Crippen molar-refractivity contribution < 1.29 is 14.1 Å². The van der Waals surface area contributed by atoms with Crippen LogP contribution >= 0.6 is 0 Å². The molecule has 1 N–H and O–H groups in total. The van der Waals surface area contributed by atoms with Crippen LogP contribution in [0.1, 0.15) is 11.3 Å². The lowest BCUT2D eigenvalue weighted by Crippen LogP contribution is -2.37. The van der Waals surface area contributed by atoms with Gasteiger partial charge >= 0.3 is 0 Å². The molecule has 98 valence electrons. The van der Waals surface area contributed by atoms with E-state index in [1.165, 1.54) is 6.26 Å². The van der Waals surface area contributed by atoms with Crippen LogP contribution in [0.4, 0.5) is 0 Å². The van der Waals surface area contributed by atoms with Gasteiger partial charge in [0.1, 0.15) is 24.3 Å². The molecule has 1 amide bonds.